The van der Waals surface area contributed by atoms with Crippen LogP contribution in [-0.4, -0.2) is 72.9 Å². The number of esters is 1. The molecule has 1 aromatic carbocycles. The summed E-state index contributed by atoms with van der Waals surface area (Å²) in [7, 11) is 1.48. The van der Waals surface area contributed by atoms with E-state index in [4.69, 9.17) is 9.47 Å². The molecule has 0 bridgehead atoms. The minimum absolute atomic E-state index is 0.135. The average molecular weight is 374 g/mol. The molecule has 2 aliphatic heterocycles. The largest absolute Gasteiger partial charge is 0.465 e. The molecule has 3 amide bonds. The molecule has 0 aromatic heterocycles. The first-order valence-electron chi connectivity index (χ1n) is 8.95. The monoisotopic (exact) mass is 374 g/mol. The van der Waals surface area contributed by atoms with Gasteiger partial charge in [0.25, 0.3) is 17.7 Å². The van der Waals surface area contributed by atoms with Crippen LogP contribution >= 0.6 is 0 Å². The number of nitrogens with zero attached hydrogens (tertiary/aromatic N) is 2. The summed E-state index contributed by atoms with van der Waals surface area (Å²) in [6, 6.07) is 4.38. The summed E-state index contributed by atoms with van der Waals surface area (Å²) in [5.41, 5.74) is 0.719. The van der Waals surface area contributed by atoms with Gasteiger partial charge < -0.3 is 14.4 Å². The maximum atomic E-state index is 12.7. The molecule has 1 fully saturated rings. The Morgan fingerprint density at radius 2 is 2.00 bits per heavy atom. The molecule has 2 aliphatic rings. The van der Waals surface area contributed by atoms with Crippen LogP contribution in [0.3, 0.4) is 0 Å². The molecule has 27 heavy (non-hydrogen) atoms. The zero-order chi connectivity index (χ0) is 19.6. The van der Waals surface area contributed by atoms with Crippen LogP contribution in [-0.2, 0) is 14.3 Å². The Labute approximate surface area is 157 Å². The number of rotatable bonds is 6. The highest BCUT2D eigenvalue weighted by molar-refractivity contribution is 6.22. The minimum Gasteiger partial charge on any atom is -0.465 e. The predicted molar refractivity (Wildman–Crippen MR) is 94.4 cm³/mol. The molecular weight excluding hydrogens is 352 g/mol. The van der Waals surface area contributed by atoms with Gasteiger partial charge in [0.05, 0.1) is 30.4 Å². The summed E-state index contributed by atoms with van der Waals surface area (Å²) in [5.74, 6) is -1.73. The van der Waals surface area contributed by atoms with Crippen LogP contribution in [0.15, 0.2) is 18.2 Å². The Balaban J connectivity index is 1.75. The second-order valence-corrected chi connectivity index (χ2v) is 6.58. The number of carbonyl (C=O) groups is 4. The average Bonchev–Trinajstić information content (AvgIpc) is 3.24. The number of likely N-dealkylation sites (N-methyl/N-ethyl adjacent to an activating group) is 1. The highest BCUT2D eigenvalue weighted by Crippen LogP contribution is 2.26. The third-order valence-electron chi connectivity index (χ3n) is 4.65. The molecule has 1 unspecified atom stereocenters. The van der Waals surface area contributed by atoms with Crippen molar-refractivity contribution in [1.82, 2.24) is 9.80 Å². The molecule has 1 saturated heterocycles. The number of ether oxygens (including phenoxy) is 2. The number of hydrogen-bond donors (Lipinski definition) is 0. The third-order valence-corrected chi connectivity index (χ3v) is 4.65. The van der Waals surface area contributed by atoms with Gasteiger partial charge in [-0.1, -0.05) is 0 Å². The van der Waals surface area contributed by atoms with Crippen LogP contribution < -0.4 is 0 Å². The lowest BCUT2D eigenvalue weighted by molar-refractivity contribution is -0.143. The van der Waals surface area contributed by atoms with E-state index in [9.17, 15) is 19.2 Å². The topological polar surface area (TPSA) is 93.2 Å². The molecule has 1 atom stereocenters. The van der Waals surface area contributed by atoms with Gasteiger partial charge >= 0.3 is 5.97 Å². The van der Waals surface area contributed by atoms with Crippen molar-refractivity contribution in [3.63, 3.8) is 0 Å². The van der Waals surface area contributed by atoms with E-state index >= 15 is 0 Å². The lowest BCUT2D eigenvalue weighted by atomic mass is 10.0. The SMILES string of the molecule is CCOC(=O)CN(C)C(=O)c1ccc2c(c1)C(=O)N(CC1CCCO1)C2=O. The Hall–Kier alpha value is -2.74. The van der Waals surface area contributed by atoms with Gasteiger partial charge in [-0.3, -0.25) is 24.1 Å². The summed E-state index contributed by atoms with van der Waals surface area (Å²) < 4.78 is 10.3. The molecule has 8 nitrogen and oxygen atoms in total. The van der Waals surface area contributed by atoms with E-state index in [2.05, 4.69) is 0 Å². The van der Waals surface area contributed by atoms with Gasteiger partial charge in [0.1, 0.15) is 6.54 Å². The van der Waals surface area contributed by atoms with E-state index in [1.165, 1.54) is 35.0 Å². The minimum atomic E-state index is -0.511. The number of imide groups is 1. The number of hydrogen-bond acceptors (Lipinski definition) is 6. The quantitative estimate of drug-likeness (QED) is 0.547. The number of carbonyl (C=O) groups excluding carboxylic acids is 4. The van der Waals surface area contributed by atoms with Crippen molar-refractivity contribution < 1.29 is 28.7 Å². The Morgan fingerprint density at radius 1 is 1.26 bits per heavy atom. The van der Waals surface area contributed by atoms with Crippen molar-refractivity contribution in [3.05, 3.63) is 34.9 Å². The standard InChI is InChI=1S/C19H22N2O6/c1-3-26-16(22)11-20(2)17(23)12-6-7-14-15(9-12)19(25)21(18(14)24)10-13-5-4-8-27-13/h6-7,9,13H,3-5,8,10-11H2,1-2H3. The summed E-state index contributed by atoms with van der Waals surface area (Å²) in [4.78, 5) is 51.6. The Morgan fingerprint density at radius 3 is 2.67 bits per heavy atom. The molecule has 0 aliphatic carbocycles. The zero-order valence-corrected chi connectivity index (χ0v) is 15.4. The van der Waals surface area contributed by atoms with E-state index in [-0.39, 0.29) is 48.4 Å². The summed E-state index contributed by atoms with van der Waals surface area (Å²) >= 11 is 0. The van der Waals surface area contributed by atoms with Gasteiger partial charge in [0, 0.05) is 19.2 Å². The predicted octanol–water partition coefficient (Wildman–Crippen LogP) is 1.10. The summed E-state index contributed by atoms with van der Waals surface area (Å²) in [6.45, 7) is 2.58. The fourth-order valence-electron chi connectivity index (χ4n) is 3.27. The smallest absolute Gasteiger partial charge is 0.325 e. The Kier molecular flexibility index (Phi) is 5.55. The maximum absolute atomic E-state index is 12.7. The van der Waals surface area contributed by atoms with E-state index in [0.29, 0.717) is 6.61 Å². The van der Waals surface area contributed by atoms with Gasteiger partial charge in [0.2, 0.25) is 0 Å². The van der Waals surface area contributed by atoms with Crippen LogP contribution in [0, 0.1) is 0 Å². The van der Waals surface area contributed by atoms with Gasteiger partial charge in [-0.25, -0.2) is 0 Å². The van der Waals surface area contributed by atoms with Crippen molar-refractivity contribution >= 4 is 23.7 Å². The molecule has 0 spiro atoms. The number of benzene rings is 1. The molecule has 2 heterocycles. The normalized spacial score (nSPS) is 18.6. The van der Waals surface area contributed by atoms with Crippen molar-refractivity contribution in [2.75, 3.05) is 33.4 Å². The number of amides is 3. The van der Waals surface area contributed by atoms with Crippen molar-refractivity contribution in [2.45, 2.75) is 25.9 Å². The van der Waals surface area contributed by atoms with E-state index in [0.717, 1.165) is 12.8 Å². The van der Waals surface area contributed by atoms with E-state index in [1.807, 2.05) is 0 Å². The van der Waals surface area contributed by atoms with Crippen molar-refractivity contribution in [2.24, 2.45) is 0 Å². The maximum Gasteiger partial charge on any atom is 0.325 e. The van der Waals surface area contributed by atoms with Crippen LogP contribution in [0.4, 0.5) is 0 Å². The number of fused-ring (bicyclic) bond motifs is 1. The van der Waals surface area contributed by atoms with Crippen molar-refractivity contribution in [1.29, 1.82) is 0 Å². The molecule has 0 saturated carbocycles. The van der Waals surface area contributed by atoms with Crippen molar-refractivity contribution in [3.8, 4) is 0 Å². The highest BCUT2D eigenvalue weighted by atomic mass is 16.5. The lowest BCUT2D eigenvalue weighted by Gasteiger charge is -2.18. The summed E-state index contributed by atoms with van der Waals surface area (Å²) in [6.07, 6.45) is 1.60. The lowest BCUT2D eigenvalue weighted by Crippen LogP contribution is -2.36. The molecule has 144 valence electrons. The summed E-state index contributed by atoms with van der Waals surface area (Å²) in [5, 5.41) is 0. The van der Waals surface area contributed by atoms with Crippen LogP contribution in [0.25, 0.3) is 0 Å². The molecule has 0 radical (unpaired) electrons. The van der Waals surface area contributed by atoms with E-state index in [1.54, 1.807) is 6.92 Å². The van der Waals surface area contributed by atoms with Crippen LogP contribution in [0.1, 0.15) is 50.8 Å². The molecular formula is C19H22N2O6. The fraction of sp³-hybridized carbons (Fsp3) is 0.474. The van der Waals surface area contributed by atoms with E-state index < -0.39 is 17.8 Å². The highest BCUT2D eigenvalue weighted by Gasteiger charge is 2.38. The first kappa shape index (κ1) is 19.0. The first-order valence-corrected chi connectivity index (χ1v) is 8.95. The first-order chi connectivity index (χ1) is 12.9. The van der Waals surface area contributed by atoms with Gasteiger partial charge in [-0.2, -0.15) is 0 Å². The second-order valence-electron chi connectivity index (χ2n) is 6.58. The molecule has 3 rings (SSSR count). The molecule has 1 aromatic rings. The van der Waals surface area contributed by atoms with Gasteiger partial charge in [-0.15, -0.1) is 0 Å². The third kappa shape index (κ3) is 3.85. The molecule has 0 N–H and O–H groups in total. The second kappa shape index (κ2) is 7.87. The van der Waals surface area contributed by atoms with Gasteiger partial charge in [-0.05, 0) is 38.0 Å². The zero-order valence-electron chi connectivity index (χ0n) is 15.4. The molecule has 8 heteroatoms. The van der Waals surface area contributed by atoms with Crippen LogP contribution in [0.5, 0.6) is 0 Å². The Bertz CT molecular complexity index is 784. The van der Waals surface area contributed by atoms with Crippen LogP contribution in [0.2, 0.25) is 0 Å². The fourth-order valence-corrected chi connectivity index (χ4v) is 3.27. The van der Waals surface area contributed by atoms with Gasteiger partial charge in [0.15, 0.2) is 0 Å².